The average molecular weight is 333 g/mol. The van der Waals surface area contributed by atoms with Crippen molar-refractivity contribution >= 4 is 23.2 Å². The number of halogens is 2. The summed E-state index contributed by atoms with van der Waals surface area (Å²) in [5.41, 5.74) is 8.34. The Bertz CT molecular complexity index is 827. The van der Waals surface area contributed by atoms with E-state index in [9.17, 15) is 0 Å². The highest BCUT2D eigenvalue weighted by atomic mass is 35.5. The smallest absolute Gasteiger partial charge is 0.183 e. The third-order valence-corrected chi connectivity index (χ3v) is 4.13. The Balaban J connectivity index is 2.15. The molecule has 0 amide bonds. The van der Waals surface area contributed by atoms with Crippen LogP contribution in [0.1, 0.15) is 5.56 Å². The molecule has 4 nitrogen and oxygen atoms in total. The Morgan fingerprint density at radius 1 is 1.00 bits per heavy atom. The Morgan fingerprint density at radius 2 is 1.68 bits per heavy atom. The zero-order valence-corrected chi connectivity index (χ0v) is 13.4. The van der Waals surface area contributed by atoms with E-state index in [1.54, 1.807) is 4.68 Å². The van der Waals surface area contributed by atoms with Gasteiger partial charge < -0.3 is 5.73 Å². The van der Waals surface area contributed by atoms with Crippen LogP contribution in [0.5, 0.6) is 0 Å². The molecule has 0 saturated carbocycles. The number of nitrogens with zero attached hydrogens (tertiary/aromatic N) is 3. The molecule has 1 heterocycles. The van der Waals surface area contributed by atoms with E-state index < -0.39 is 0 Å². The minimum atomic E-state index is 0.337. The van der Waals surface area contributed by atoms with Gasteiger partial charge in [-0.1, -0.05) is 47.5 Å². The van der Waals surface area contributed by atoms with Gasteiger partial charge in [0.05, 0.1) is 5.02 Å². The Kier molecular flexibility index (Phi) is 4.16. The maximum atomic E-state index is 6.22. The first-order valence-corrected chi connectivity index (χ1v) is 7.51. The molecule has 2 aromatic carbocycles. The van der Waals surface area contributed by atoms with E-state index in [0.717, 1.165) is 16.7 Å². The summed E-state index contributed by atoms with van der Waals surface area (Å²) < 4.78 is 1.71. The van der Waals surface area contributed by atoms with Crippen LogP contribution in [0.3, 0.4) is 0 Å². The molecule has 3 aromatic rings. The van der Waals surface area contributed by atoms with Gasteiger partial charge in [0.2, 0.25) is 0 Å². The molecule has 0 aliphatic carbocycles. The summed E-state index contributed by atoms with van der Waals surface area (Å²) in [6.07, 6.45) is 0. The van der Waals surface area contributed by atoms with Gasteiger partial charge in [0.15, 0.2) is 11.6 Å². The maximum absolute atomic E-state index is 6.22. The Labute approximate surface area is 138 Å². The molecule has 0 fully saturated rings. The zero-order valence-electron chi connectivity index (χ0n) is 11.9. The minimum absolute atomic E-state index is 0.337. The molecule has 0 bridgehead atoms. The summed E-state index contributed by atoms with van der Waals surface area (Å²) in [6.45, 7) is 0.337. The molecular weight excluding hydrogens is 319 g/mol. The van der Waals surface area contributed by atoms with Crippen LogP contribution >= 0.6 is 23.2 Å². The lowest BCUT2D eigenvalue weighted by molar-refractivity contribution is 0.776. The molecule has 3 rings (SSSR count). The van der Waals surface area contributed by atoms with Gasteiger partial charge in [0, 0.05) is 29.7 Å². The highest BCUT2D eigenvalue weighted by molar-refractivity contribution is 6.33. The lowest BCUT2D eigenvalue weighted by Crippen LogP contribution is -2.03. The van der Waals surface area contributed by atoms with Crippen LogP contribution in [0.4, 0.5) is 0 Å². The molecule has 0 atom stereocenters. The fourth-order valence-electron chi connectivity index (χ4n) is 2.35. The van der Waals surface area contributed by atoms with Gasteiger partial charge in [-0.2, -0.15) is 5.10 Å². The quantitative estimate of drug-likeness (QED) is 0.790. The minimum Gasteiger partial charge on any atom is -0.326 e. The van der Waals surface area contributed by atoms with E-state index in [-0.39, 0.29) is 0 Å². The van der Waals surface area contributed by atoms with Crippen molar-refractivity contribution in [3.63, 3.8) is 0 Å². The Morgan fingerprint density at radius 3 is 2.41 bits per heavy atom. The number of aryl methyl sites for hydroxylation is 1. The lowest BCUT2D eigenvalue weighted by Gasteiger charge is -2.08. The Hall–Kier alpha value is -1.88. The first kappa shape index (κ1) is 15.0. The molecule has 0 aliphatic heterocycles. The molecular formula is C16H14Cl2N4. The summed E-state index contributed by atoms with van der Waals surface area (Å²) in [7, 11) is 1.84. The highest BCUT2D eigenvalue weighted by Gasteiger charge is 2.16. The van der Waals surface area contributed by atoms with Crippen LogP contribution in [0.25, 0.3) is 22.8 Å². The third-order valence-electron chi connectivity index (χ3n) is 3.44. The summed E-state index contributed by atoms with van der Waals surface area (Å²) in [4.78, 5) is 4.61. The van der Waals surface area contributed by atoms with Crippen LogP contribution < -0.4 is 5.73 Å². The van der Waals surface area contributed by atoms with Crippen molar-refractivity contribution in [3.05, 3.63) is 58.1 Å². The number of hydrogen-bond acceptors (Lipinski definition) is 3. The van der Waals surface area contributed by atoms with Crippen molar-refractivity contribution in [2.45, 2.75) is 6.54 Å². The molecule has 22 heavy (non-hydrogen) atoms. The molecule has 0 spiro atoms. The van der Waals surface area contributed by atoms with Crippen LogP contribution in [0.15, 0.2) is 42.5 Å². The van der Waals surface area contributed by atoms with Gasteiger partial charge in [0.25, 0.3) is 0 Å². The summed E-state index contributed by atoms with van der Waals surface area (Å²) in [5.74, 6) is 1.28. The van der Waals surface area contributed by atoms with Crippen molar-refractivity contribution in [1.29, 1.82) is 0 Å². The van der Waals surface area contributed by atoms with Gasteiger partial charge in [-0.15, -0.1) is 0 Å². The van der Waals surface area contributed by atoms with Crippen LogP contribution in [0.2, 0.25) is 10.0 Å². The van der Waals surface area contributed by atoms with Gasteiger partial charge >= 0.3 is 0 Å². The first-order chi connectivity index (χ1) is 10.6. The second kappa shape index (κ2) is 6.08. The van der Waals surface area contributed by atoms with Gasteiger partial charge in [-0.05, 0) is 23.8 Å². The predicted molar refractivity (Wildman–Crippen MR) is 89.8 cm³/mol. The number of benzene rings is 2. The molecule has 112 valence electrons. The molecule has 0 radical (unpaired) electrons. The van der Waals surface area contributed by atoms with Crippen molar-refractivity contribution in [1.82, 2.24) is 14.8 Å². The molecule has 0 unspecified atom stereocenters. The topological polar surface area (TPSA) is 56.7 Å². The second-order valence-electron chi connectivity index (χ2n) is 4.83. The summed E-state index contributed by atoms with van der Waals surface area (Å²) in [5, 5.41) is 5.70. The second-order valence-corrected chi connectivity index (χ2v) is 5.65. The molecule has 1 aromatic heterocycles. The van der Waals surface area contributed by atoms with Gasteiger partial charge in [-0.25, -0.2) is 9.67 Å². The standard InChI is InChI=1S/C16H14Cl2N4/c1-22-16(10-6-4-8-14(18)12(10)9-19)20-15(21-22)11-5-2-3-7-13(11)17/h2-8H,9,19H2,1H3. The molecule has 0 aliphatic rings. The van der Waals surface area contributed by atoms with Gasteiger partial charge in [-0.3, -0.25) is 0 Å². The van der Waals surface area contributed by atoms with Crippen LogP contribution in [0, 0.1) is 0 Å². The van der Waals surface area contributed by atoms with E-state index in [4.69, 9.17) is 28.9 Å². The highest BCUT2D eigenvalue weighted by Crippen LogP contribution is 2.30. The maximum Gasteiger partial charge on any atom is 0.183 e. The predicted octanol–water partition coefficient (Wildman–Crippen LogP) is 3.91. The molecule has 2 N–H and O–H groups in total. The number of hydrogen-bond donors (Lipinski definition) is 1. The number of nitrogens with two attached hydrogens (primary N) is 1. The average Bonchev–Trinajstić information content (AvgIpc) is 2.89. The third kappa shape index (κ3) is 2.61. The van der Waals surface area contributed by atoms with Crippen molar-refractivity contribution in [3.8, 4) is 22.8 Å². The van der Waals surface area contributed by atoms with E-state index in [1.807, 2.05) is 49.5 Å². The number of rotatable bonds is 3. The van der Waals surface area contributed by atoms with E-state index in [0.29, 0.717) is 28.2 Å². The van der Waals surface area contributed by atoms with Crippen LogP contribution in [-0.2, 0) is 13.6 Å². The zero-order chi connectivity index (χ0) is 15.7. The van der Waals surface area contributed by atoms with Gasteiger partial charge in [0.1, 0.15) is 0 Å². The first-order valence-electron chi connectivity index (χ1n) is 6.75. The fraction of sp³-hybridized carbons (Fsp3) is 0.125. The SMILES string of the molecule is Cn1nc(-c2ccccc2Cl)nc1-c1cccc(Cl)c1CN. The molecule has 0 saturated heterocycles. The monoisotopic (exact) mass is 332 g/mol. The lowest BCUT2D eigenvalue weighted by atomic mass is 10.1. The largest absolute Gasteiger partial charge is 0.326 e. The van der Waals surface area contributed by atoms with Crippen molar-refractivity contribution < 1.29 is 0 Å². The van der Waals surface area contributed by atoms with E-state index >= 15 is 0 Å². The summed E-state index contributed by atoms with van der Waals surface area (Å²) in [6, 6.07) is 13.1. The molecule has 6 heteroatoms. The van der Waals surface area contributed by atoms with Crippen molar-refractivity contribution in [2.75, 3.05) is 0 Å². The van der Waals surface area contributed by atoms with Crippen molar-refractivity contribution in [2.24, 2.45) is 12.8 Å². The normalized spacial score (nSPS) is 10.9. The van der Waals surface area contributed by atoms with E-state index in [2.05, 4.69) is 10.1 Å². The van der Waals surface area contributed by atoms with E-state index in [1.165, 1.54) is 0 Å². The van der Waals surface area contributed by atoms with Crippen LogP contribution in [-0.4, -0.2) is 14.8 Å². The number of aromatic nitrogens is 3. The fourth-order valence-corrected chi connectivity index (χ4v) is 2.82. The summed E-state index contributed by atoms with van der Waals surface area (Å²) >= 11 is 12.4.